The minimum absolute atomic E-state index is 0.169. The summed E-state index contributed by atoms with van der Waals surface area (Å²) in [5, 5.41) is 13.0. The number of para-hydroxylation sites is 1. The predicted octanol–water partition coefficient (Wildman–Crippen LogP) is 1.57. The Balaban J connectivity index is 1.64. The lowest BCUT2D eigenvalue weighted by Crippen LogP contribution is -2.42. The minimum Gasteiger partial charge on any atom is -0.391 e. The second kappa shape index (κ2) is 5.21. The van der Waals surface area contributed by atoms with Gasteiger partial charge in [0.2, 0.25) is 5.91 Å². The molecule has 4 heteroatoms. The first-order valence-corrected chi connectivity index (χ1v) is 7.02. The average Bonchev–Trinajstić information content (AvgIpc) is 2.82. The maximum atomic E-state index is 12.3. The molecular formula is C15H20N2O2. The highest BCUT2D eigenvalue weighted by Crippen LogP contribution is 2.33. The number of likely N-dealkylation sites (tertiary alicyclic amines) is 1. The molecule has 3 rings (SSSR count). The number of hydrogen-bond donors (Lipinski definition) is 2. The van der Waals surface area contributed by atoms with E-state index in [0.29, 0.717) is 13.0 Å². The third-order valence-electron chi connectivity index (χ3n) is 4.11. The van der Waals surface area contributed by atoms with Gasteiger partial charge in [-0.2, -0.15) is 0 Å². The Bertz CT molecular complexity index is 475. The number of amides is 1. The van der Waals surface area contributed by atoms with Gasteiger partial charge in [0.15, 0.2) is 0 Å². The zero-order chi connectivity index (χ0) is 13.2. The van der Waals surface area contributed by atoms with E-state index in [1.807, 2.05) is 17.0 Å². The number of carbonyl (C=O) groups excluding carboxylic acids is 1. The molecule has 1 aromatic carbocycles. The van der Waals surface area contributed by atoms with Crippen LogP contribution in [0.2, 0.25) is 0 Å². The highest BCUT2D eigenvalue weighted by atomic mass is 16.3. The van der Waals surface area contributed by atoms with E-state index in [1.165, 1.54) is 5.56 Å². The number of rotatable bonds is 2. The van der Waals surface area contributed by atoms with Crippen LogP contribution in [0, 0.1) is 0 Å². The summed E-state index contributed by atoms with van der Waals surface area (Å²) >= 11 is 0. The Labute approximate surface area is 113 Å². The van der Waals surface area contributed by atoms with Crippen molar-refractivity contribution in [1.29, 1.82) is 0 Å². The van der Waals surface area contributed by atoms with E-state index in [1.54, 1.807) is 0 Å². The van der Waals surface area contributed by atoms with Gasteiger partial charge in [0.25, 0.3) is 0 Å². The van der Waals surface area contributed by atoms with Crippen molar-refractivity contribution in [2.24, 2.45) is 0 Å². The summed E-state index contributed by atoms with van der Waals surface area (Å²) < 4.78 is 0. The van der Waals surface area contributed by atoms with Crippen LogP contribution in [0.1, 0.15) is 30.7 Å². The Hall–Kier alpha value is -1.55. The van der Waals surface area contributed by atoms with Gasteiger partial charge in [-0.05, 0) is 24.5 Å². The average molecular weight is 260 g/mol. The summed E-state index contributed by atoms with van der Waals surface area (Å²) in [6, 6.07) is 8.19. The van der Waals surface area contributed by atoms with Crippen LogP contribution >= 0.6 is 0 Å². The van der Waals surface area contributed by atoms with Crippen molar-refractivity contribution in [1.82, 2.24) is 4.90 Å². The molecule has 102 valence electrons. The number of nitrogens with zero attached hydrogens (tertiary/aromatic N) is 1. The number of anilines is 1. The van der Waals surface area contributed by atoms with Crippen LogP contribution < -0.4 is 5.32 Å². The minimum atomic E-state index is -0.341. The molecule has 2 atom stereocenters. The van der Waals surface area contributed by atoms with Crippen LogP contribution in [0.4, 0.5) is 5.69 Å². The topological polar surface area (TPSA) is 52.6 Å². The van der Waals surface area contributed by atoms with E-state index in [2.05, 4.69) is 17.4 Å². The van der Waals surface area contributed by atoms with Gasteiger partial charge in [-0.3, -0.25) is 4.79 Å². The molecule has 1 unspecified atom stereocenters. The van der Waals surface area contributed by atoms with Crippen LogP contribution in [-0.4, -0.2) is 41.7 Å². The molecule has 2 aliphatic rings. The van der Waals surface area contributed by atoms with Gasteiger partial charge < -0.3 is 15.3 Å². The Kier molecular flexibility index (Phi) is 3.42. The van der Waals surface area contributed by atoms with E-state index >= 15 is 0 Å². The van der Waals surface area contributed by atoms with Crippen molar-refractivity contribution in [2.75, 3.05) is 25.0 Å². The highest BCUT2D eigenvalue weighted by molar-refractivity contribution is 5.78. The van der Waals surface area contributed by atoms with Crippen LogP contribution in [0.3, 0.4) is 0 Å². The molecule has 0 radical (unpaired) electrons. The summed E-state index contributed by atoms with van der Waals surface area (Å²) in [4.78, 5) is 14.1. The third kappa shape index (κ3) is 2.59. The predicted molar refractivity (Wildman–Crippen MR) is 74.1 cm³/mol. The van der Waals surface area contributed by atoms with Crippen LogP contribution in [0.25, 0.3) is 0 Å². The maximum absolute atomic E-state index is 12.3. The number of nitrogens with one attached hydrogen (secondary N) is 1. The molecule has 1 amide bonds. The van der Waals surface area contributed by atoms with E-state index < -0.39 is 0 Å². The largest absolute Gasteiger partial charge is 0.391 e. The molecule has 0 aliphatic carbocycles. The van der Waals surface area contributed by atoms with Crippen molar-refractivity contribution in [3.8, 4) is 0 Å². The normalized spacial score (nSPS) is 25.8. The zero-order valence-electron chi connectivity index (χ0n) is 11.0. The van der Waals surface area contributed by atoms with Crippen molar-refractivity contribution in [3.05, 3.63) is 29.8 Å². The fourth-order valence-electron chi connectivity index (χ4n) is 3.06. The summed E-state index contributed by atoms with van der Waals surface area (Å²) in [5.41, 5.74) is 2.40. The number of β-amino-alcohol motifs (C(OH)–C–C–N with tert-alkyl or cyclic N) is 1. The summed E-state index contributed by atoms with van der Waals surface area (Å²) in [7, 11) is 0. The van der Waals surface area contributed by atoms with E-state index in [9.17, 15) is 9.90 Å². The number of benzene rings is 1. The van der Waals surface area contributed by atoms with Gasteiger partial charge in [0.05, 0.1) is 6.10 Å². The molecule has 0 spiro atoms. The lowest BCUT2D eigenvalue weighted by Gasteiger charge is -2.30. The highest BCUT2D eigenvalue weighted by Gasteiger charge is 2.28. The van der Waals surface area contributed by atoms with Crippen molar-refractivity contribution in [3.63, 3.8) is 0 Å². The first-order chi connectivity index (χ1) is 9.24. The number of hydrogen-bond acceptors (Lipinski definition) is 3. The molecule has 19 heavy (non-hydrogen) atoms. The lowest BCUT2D eigenvalue weighted by atomic mass is 9.96. The molecule has 2 aliphatic heterocycles. The van der Waals surface area contributed by atoms with Gasteiger partial charge in [0.1, 0.15) is 0 Å². The van der Waals surface area contributed by atoms with Crippen LogP contribution in [0.5, 0.6) is 0 Å². The van der Waals surface area contributed by atoms with E-state index in [4.69, 9.17) is 0 Å². The molecule has 2 N–H and O–H groups in total. The van der Waals surface area contributed by atoms with Crippen LogP contribution in [0.15, 0.2) is 24.3 Å². The molecule has 1 fully saturated rings. The smallest absolute Gasteiger partial charge is 0.223 e. The first kappa shape index (κ1) is 12.5. The monoisotopic (exact) mass is 260 g/mol. The number of carbonyl (C=O) groups is 1. The molecule has 1 saturated heterocycles. The molecule has 0 bridgehead atoms. The summed E-state index contributed by atoms with van der Waals surface area (Å²) in [6.07, 6.45) is 1.92. The van der Waals surface area contributed by atoms with Crippen molar-refractivity contribution >= 4 is 11.6 Å². The third-order valence-corrected chi connectivity index (χ3v) is 4.11. The first-order valence-electron chi connectivity index (χ1n) is 7.02. The lowest BCUT2D eigenvalue weighted by molar-refractivity contribution is -0.134. The summed E-state index contributed by atoms with van der Waals surface area (Å²) in [5.74, 6) is 0.435. The fraction of sp³-hybridized carbons (Fsp3) is 0.533. The van der Waals surface area contributed by atoms with E-state index in [-0.39, 0.29) is 17.9 Å². The van der Waals surface area contributed by atoms with Gasteiger partial charge in [-0.1, -0.05) is 18.2 Å². The maximum Gasteiger partial charge on any atom is 0.223 e. The SMILES string of the molecule is O=C(CC1CNc2ccccc21)N1CCC[C@H](O)C1. The Morgan fingerprint density at radius 1 is 1.42 bits per heavy atom. The zero-order valence-corrected chi connectivity index (χ0v) is 11.0. The van der Waals surface area contributed by atoms with E-state index in [0.717, 1.165) is 31.6 Å². The number of piperidine rings is 1. The molecule has 4 nitrogen and oxygen atoms in total. The molecule has 1 aromatic rings. The van der Waals surface area contributed by atoms with Crippen molar-refractivity contribution in [2.45, 2.75) is 31.3 Å². The van der Waals surface area contributed by atoms with Gasteiger partial charge >= 0.3 is 0 Å². The second-order valence-corrected chi connectivity index (χ2v) is 5.51. The quantitative estimate of drug-likeness (QED) is 0.848. The molecular weight excluding hydrogens is 240 g/mol. The standard InChI is InChI=1S/C15H20N2O2/c18-12-4-3-7-17(10-12)15(19)8-11-9-16-14-6-2-1-5-13(11)14/h1-2,5-6,11-12,16,18H,3-4,7-10H2/t11?,12-/m0/s1. The fourth-order valence-corrected chi connectivity index (χ4v) is 3.06. The second-order valence-electron chi connectivity index (χ2n) is 5.51. The van der Waals surface area contributed by atoms with Crippen LogP contribution in [-0.2, 0) is 4.79 Å². The molecule has 0 aromatic heterocycles. The number of fused-ring (bicyclic) bond motifs is 1. The summed E-state index contributed by atoms with van der Waals surface area (Å²) in [6.45, 7) is 2.12. The Morgan fingerprint density at radius 3 is 3.11 bits per heavy atom. The van der Waals surface area contributed by atoms with Gasteiger partial charge in [-0.25, -0.2) is 0 Å². The number of aliphatic hydroxyl groups excluding tert-OH is 1. The van der Waals surface area contributed by atoms with Gasteiger partial charge in [0, 0.05) is 37.7 Å². The Morgan fingerprint density at radius 2 is 2.26 bits per heavy atom. The molecule has 2 heterocycles. The van der Waals surface area contributed by atoms with Crippen molar-refractivity contribution < 1.29 is 9.90 Å². The van der Waals surface area contributed by atoms with Gasteiger partial charge in [-0.15, -0.1) is 0 Å². The molecule has 0 saturated carbocycles. The number of aliphatic hydroxyl groups is 1.